The van der Waals surface area contributed by atoms with Crippen LogP contribution in [0.5, 0.6) is 0 Å². The molecule has 0 radical (unpaired) electrons. The third-order valence-corrected chi connectivity index (χ3v) is 12.2. The molecule has 0 saturated heterocycles. The number of hydrogen-bond donors (Lipinski definition) is 1. The van der Waals surface area contributed by atoms with Crippen molar-refractivity contribution in [1.82, 2.24) is 9.97 Å². The highest BCUT2D eigenvalue weighted by Gasteiger charge is 2.19. The molecule has 4 heteroatoms. The smallest absolute Gasteiger partial charge is 0.159 e. The zero-order valence-electron chi connectivity index (χ0n) is 36.6. The predicted octanol–water partition coefficient (Wildman–Crippen LogP) is 15.9. The van der Waals surface area contributed by atoms with E-state index in [-0.39, 0.29) is 18.0 Å². The highest BCUT2D eigenvalue weighted by atomic mass is 16.3. The molecular formula is C62H46N2O2. The van der Waals surface area contributed by atoms with Crippen molar-refractivity contribution in [3.63, 3.8) is 0 Å². The Kier molecular flexibility index (Phi) is 11.8. The number of ketones is 1. The van der Waals surface area contributed by atoms with Gasteiger partial charge in [-0.1, -0.05) is 182 Å². The third-order valence-electron chi connectivity index (χ3n) is 12.2. The zero-order valence-corrected chi connectivity index (χ0v) is 36.6. The Balaban J connectivity index is 1.14. The number of aliphatic hydroxyl groups is 1. The van der Waals surface area contributed by atoms with Crippen LogP contribution in [0.3, 0.4) is 0 Å². The number of carbonyl (C=O) groups excluding carboxylic acids is 1. The minimum Gasteiger partial charge on any atom is -0.512 e. The van der Waals surface area contributed by atoms with E-state index in [9.17, 15) is 9.90 Å². The fourth-order valence-corrected chi connectivity index (χ4v) is 9.08. The third kappa shape index (κ3) is 8.73. The Morgan fingerprint density at radius 2 is 0.970 bits per heavy atom. The second-order valence-electron chi connectivity index (χ2n) is 16.6. The Bertz CT molecular complexity index is 3380. The molecule has 2 heterocycles. The average molecular weight is 851 g/mol. The van der Waals surface area contributed by atoms with Crippen LogP contribution in [-0.4, -0.2) is 20.9 Å². The maximum Gasteiger partial charge on any atom is 0.159 e. The van der Waals surface area contributed by atoms with E-state index in [1.54, 1.807) is 0 Å². The molecule has 1 N–H and O–H groups in total. The summed E-state index contributed by atoms with van der Waals surface area (Å²) < 4.78 is 0. The van der Waals surface area contributed by atoms with E-state index in [4.69, 9.17) is 9.97 Å². The highest BCUT2D eigenvalue weighted by Crippen LogP contribution is 2.43. The van der Waals surface area contributed by atoms with E-state index >= 15 is 0 Å². The summed E-state index contributed by atoms with van der Waals surface area (Å²) in [6, 6.07) is 74.7. The lowest BCUT2D eigenvalue weighted by Gasteiger charge is -2.19. The highest BCUT2D eigenvalue weighted by molar-refractivity contribution is 5.97. The van der Waals surface area contributed by atoms with Gasteiger partial charge in [-0.3, -0.25) is 14.8 Å². The maximum absolute atomic E-state index is 12.8. The molecule has 0 spiro atoms. The fraction of sp³-hybridized carbons (Fsp3) is 0.0484. The number of nitrogens with zero attached hydrogens (tertiary/aromatic N) is 2. The molecule has 4 nitrogen and oxygen atoms in total. The molecule has 0 atom stereocenters. The molecule has 10 rings (SSSR count). The number of aryl methyl sites for hydroxylation is 1. The lowest BCUT2D eigenvalue weighted by molar-refractivity contribution is -0.114. The largest absolute Gasteiger partial charge is 0.512 e. The van der Waals surface area contributed by atoms with Crippen LogP contribution < -0.4 is 0 Å². The molecular weight excluding hydrogens is 805 g/mol. The first-order valence-corrected chi connectivity index (χ1v) is 22.3. The summed E-state index contributed by atoms with van der Waals surface area (Å²) in [6.45, 7) is 1.53. The molecule has 2 aromatic heterocycles. The molecule has 0 amide bonds. The number of fused-ring (bicyclic) bond motifs is 1. The van der Waals surface area contributed by atoms with Crippen LogP contribution >= 0.6 is 0 Å². The Morgan fingerprint density at radius 3 is 1.65 bits per heavy atom. The number of aromatic nitrogens is 2. The molecule has 0 fully saturated rings. The van der Waals surface area contributed by atoms with Gasteiger partial charge in [-0.15, -0.1) is 0 Å². The lowest BCUT2D eigenvalue weighted by Crippen LogP contribution is -1.99. The molecule has 10 aromatic rings. The molecule has 0 aliphatic heterocycles. The summed E-state index contributed by atoms with van der Waals surface area (Å²) in [6.07, 6.45) is 6.03. The molecule has 0 bridgehead atoms. The summed E-state index contributed by atoms with van der Waals surface area (Å²) >= 11 is 0. The van der Waals surface area contributed by atoms with Crippen molar-refractivity contribution in [3.05, 3.63) is 242 Å². The topological polar surface area (TPSA) is 63.1 Å². The van der Waals surface area contributed by atoms with Crippen molar-refractivity contribution >= 4 is 16.6 Å². The number of pyridine rings is 2. The van der Waals surface area contributed by atoms with Gasteiger partial charge in [0.25, 0.3) is 0 Å². The monoisotopic (exact) mass is 850 g/mol. The summed E-state index contributed by atoms with van der Waals surface area (Å²) in [5, 5.41) is 12.1. The molecule has 0 unspecified atom stereocenters. The van der Waals surface area contributed by atoms with Crippen molar-refractivity contribution in [1.29, 1.82) is 0 Å². The minimum atomic E-state index is -0.106. The van der Waals surface area contributed by atoms with Gasteiger partial charge < -0.3 is 5.11 Å². The van der Waals surface area contributed by atoms with Gasteiger partial charge in [-0.05, 0) is 116 Å². The zero-order chi connectivity index (χ0) is 44.8. The standard InChI is InChI=1S/C62H46N2O2/c1-42(65)36-52(66)33-32-44-18-8-10-22-53(44)49-37-50(55-24-13-12-23-54(55)46-28-30-48(31-29-46)62-57-26-11-9-19-45(57)34-35-63-62)39-51(38-49)56-25-14-15-27-58(56)60-41-64-61(47-20-6-3-7-21-47)40-59(60)43-16-4-2-5-17-43/h2-31,34-41,65H,32-33H2,1H3/b42-36-. The van der Waals surface area contributed by atoms with E-state index in [1.165, 1.54) is 13.0 Å². The van der Waals surface area contributed by atoms with Crippen LogP contribution in [0.25, 0.3) is 100 Å². The van der Waals surface area contributed by atoms with Gasteiger partial charge in [0.1, 0.15) is 0 Å². The average Bonchev–Trinajstić information content (AvgIpc) is 3.38. The molecule has 0 aliphatic carbocycles. The minimum absolute atomic E-state index is 0.0168. The summed E-state index contributed by atoms with van der Waals surface area (Å²) in [5.74, 6) is -0.0892. The van der Waals surface area contributed by atoms with Crippen molar-refractivity contribution < 1.29 is 9.90 Å². The fourth-order valence-electron chi connectivity index (χ4n) is 9.08. The number of allylic oxidation sites excluding steroid dienone is 2. The van der Waals surface area contributed by atoms with Crippen molar-refractivity contribution in [2.75, 3.05) is 0 Å². The first-order chi connectivity index (χ1) is 32.5. The van der Waals surface area contributed by atoms with Crippen LogP contribution in [0.2, 0.25) is 0 Å². The van der Waals surface area contributed by atoms with Gasteiger partial charge in [0.15, 0.2) is 5.78 Å². The predicted molar refractivity (Wildman–Crippen MR) is 273 cm³/mol. The van der Waals surface area contributed by atoms with Crippen LogP contribution in [-0.2, 0) is 11.2 Å². The van der Waals surface area contributed by atoms with E-state index in [1.807, 2.05) is 36.7 Å². The second kappa shape index (κ2) is 18.7. The molecule has 8 aromatic carbocycles. The Hall–Kier alpha value is -8.47. The van der Waals surface area contributed by atoms with Crippen LogP contribution in [0.4, 0.5) is 0 Å². The number of benzene rings is 8. The Morgan fingerprint density at radius 1 is 0.455 bits per heavy atom. The first kappa shape index (κ1) is 41.5. The van der Waals surface area contributed by atoms with Gasteiger partial charge in [0, 0.05) is 47.0 Å². The normalized spacial score (nSPS) is 11.4. The van der Waals surface area contributed by atoms with Crippen LogP contribution in [0.1, 0.15) is 18.9 Å². The van der Waals surface area contributed by atoms with E-state index in [0.29, 0.717) is 6.42 Å². The van der Waals surface area contributed by atoms with E-state index in [2.05, 4.69) is 188 Å². The van der Waals surface area contributed by atoms with Crippen molar-refractivity contribution in [2.45, 2.75) is 19.8 Å². The Labute approximate surface area is 385 Å². The molecule has 0 aliphatic rings. The molecule has 66 heavy (non-hydrogen) atoms. The summed E-state index contributed by atoms with van der Waals surface area (Å²) in [4.78, 5) is 22.7. The SMILES string of the molecule is C/C(O)=C/C(=O)CCc1ccccc1-c1cc(-c2ccccc2-c2ccc(-c3nccc4ccccc34)cc2)cc(-c2ccccc2-c2cnc(-c3ccccc3)cc2-c2ccccc2)c1. The number of hydrogen-bond acceptors (Lipinski definition) is 4. The van der Waals surface area contributed by atoms with Crippen LogP contribution in [0.15, 0.2) is 237 Å². The molecule has 0 saturated carbocycles. The van der Waals surface area contributed by atoms with E-state index in [0.717, 1.165) is 106 Å². The summed E-state index contributed by atoms with van der Waals surface area (Å²) in [5.41, 5.74) is 18.0. The van der Waals surface area contributed by atoms with Gasteiger partial charge in [0.05, 0.1) is 17.1 Å². The van der Waals surface area contributed by atoms with Gasteiger partial charge in [0.2, 0.25) is 0 Å². The van der Waals surface area contributed by atoms with Gasteiger partial charge in [-0.25, -0.2) is 0 Å². The quantitative estimate of drug-likeness (QED) is 0.0982. The van der Waals surface area contributed by atoms with Gasteiger partial charge in [-0.2, -0.15) is 0 Å². The number of rotatable bonds is 12. The van der Waals surface area contributed by atoms with E-state index < -0.39 is 0 Å². The van der Waals surface area contributed by atoms with Gasteiger partial charge >= 0.3 is 0 Å². The first-order valence-electron chi connectivity index (χ1n) is 22.3. The number of carbonyl (C=O) groups is 1. The molecule has 316 valence electrons. The maximum atomic E-state index is 12.8. The number of aliphatic hydroxyl groups excluding tert-OH is 1. The lowest BCUT2D eigenvalue weighted by atomic mass is 9.85. The van der Waals surface area contributed by atoms with Crippen molar-refractivity contribution in [3.8, 4) is 89.3 Å². The van der Waals surface area contributed by atoms with Crippen molar-refractivity contribution in [2.24, 2.45) is 0 Å². The second-order valence-corrected chi connectivity index (χ2v) is 16.6. The summed E-state index contributed by atoms with van der Waals surface area (Å²) in [7, 11) is 0. The van der Waals surface area contributed by atoms with Crippen LogP contribution in [0, 0.1) is 0 Å².